The minimum atomic E-state index is -0.234. The van der Waals surface area contributed by atoms with Crippen LogP contribution in [-0.2, 0) is 4.79 Å². The molecular formula is C26H32N6O. The number of aromatic nitrogens is 2. The number of amides is 1. The summed E-state index contributed by atoms with van der Waals surface area (Å²) in [7, 11) is 2.17. The normalized spacial score (nSPS) is 16.8. The van der Waals surface area contributed by atoms with Crippen LogP contribution in [0, 0.1) is 0 Å². The third-order valence-corrected chi connectivity index (χ3v) is 6.43. The quantitative estimate of drug-likeness (QED) is 0.539. The molecule has 0 saturated carbocycles. The molecule has 2 atom stereocenters. The fourth-order valence-electron chi connectivity index (χ4n) is 4.19. The number of carbonyl (C=O) groups is 1. The number of hydrogen-bond acceptors (Lipinski definition) is 6. The molecule has 1 aliphatic heterocycles. The number of nitrogens with zero attached hydrogens (tertiary/aromatic N) is 4. The lowest BCUT2D eigenvalue weighted by Crippen LogP contribution is -2.52. The summed E-state index contributed by atoms with van der Waals surface area (Å²) in [4.78, 5) is 26.1. The third-order valence-electron chi connectivity index (χ3n) is 6.43. The molecule has 7 nitrogen and oxygen atoms in total. The molecule has 1 saturated heterocycles. The zero-order valence-electron chi connectivity index (χ0n) is 19.6. The van der Waals surface area contributed by atoms with Gasteiger partial charge in [0, 0.05) is 61.1 Å². The molecular weight excluding hydrogens is 412 g/mol. The van der Waals surface area contributed by atoms with Crippen LogP contribution in [0.1, 0.15) is 13.8 Å². The molecule has 172 valence electrons. The maximum absolute atomic E-state index is 11.7. The minimum absolute atomic E-state index is 0.204. The van der Waals surface area contributed by atoms with Crippen LogP contribution in [0.5, 0.6) is 0 Å². The SMILES string of the molecule is C=CC(=O)Nc1cccc(-c2cccc3cnc(N[C@@H](C)C(C)N4CCN(C)CC4)nc23)c1. The van der Waals surface area contributed by atoms with Crippen molar-refractivity contribution in [2.75, 3.05) is 43.9 Å². The summed E-state index contributed by atoms with van der Waals surface area (Å²) in [5.74, 6) is 0.391. The first-order valence-corrected chi connectivity index (χ1v) is 11.4. The van der Waals surface area contributed by atoms with Gasteiger partial charge in [0.1, 0.15) is 0 Å². The third kappa shape index (κ3) is 5.38. The molecule has 7 heteroatoms. The summed E-state index contributed by atoms with van der Waals surface area (Å²) in [6.07, 6.45) is 3.13. The average Bonchev–Trinajstić information content (AvgIpc) is 2.83. The topological polar surface area (TPSA) is 73.4 Å². The van der Waals surface area contributed by atoms with Gasteiger partial charge in [0.25, 0.3) is 0 Å². The lowest BCUT2D eigenvalue weighted by molar-refractivity contribution is -0.111. The number of nitrogens with one attached hydrogen (secondary N) is 2. The number of anilines is 2. The van der Waals surface area contributed by atoms with Gasteiger partial charge in [-0.1, -0.05) is 36.9 Å². The molecule has 33 heavy (non-hydrogen) atoms. The monoisotopic (exact) mass is 444 g/mol. The van der Waals surface area contributed by atoms with Gasteiger partial charge in [0.05, 0.1) is 5.52 Å². The van der Waals surface area contributed by atoms with Gasteiger partial charge in [-0.05, 0) is 44.7 Å². The Bertz CT molecular complexity index is 1140. The Hall–Kier alpha value is -3.29. The summed E-state index contributed by atoms with van der Waals surface area (Å²) >= 11 is 0. The standard InChI is InChI=1S/C26H32N6O/c1-5-24(33)29-22-10-6-8-20(16-22)23-11-7-9-21-17-27-26(30-25(21)23)28-18(2)19(3)32-14-12-31(4)13-15-32/h5-11,16-19H,1,12-15H2,2-4H3,(H,29,33)(H,27,28,30)/t18-,19?/m0/s1. The smallest absolute Gasteiger partial charge is 0.247 e. The number of hydrogen-bond donors (Lipinski definition) is 2. The number of piperazine rings is 1. The maximum atomic E-state index is 11.7. The van der Waals surface area contributed by atoms with Crippen molar-refractivity contribution in [1.29, 1.82) is 0 Å². The fourth-order valence-corrected chi connectivity index (χ4v) is 4.19. The van der Waals surface area contributed by atoms with Crippen LogP contribution in [-0.4, -0.2) is 71.0 Å². The Labute approximate surface area is 195 Å². The van der Waals surface area contributed by atoms with E-state index >= 15 is 0 Å². The van der Waals surface area contributed by atoms with E-state index in [1.54, 1.807) is 0 Å². The van der Waals surface area contributed by atoms with Crippen LogP contribution >= 0.6 is 0 Å². The highest BCUT2D eigenvalue weighted by Gasteiger charge is 2.24. The summed E-state index contributed by atoms with van der Waals surface area (Å²) in [6, 6.07) is 14.4. The first kappa shape index (κ1) is 22.9. The van der Waals surface area contributed by atoms with E-state index < -0.39 is 0 Å². The average molecular weight is 445 g/mol. The van der Waals surface area contributed by atoms with Crippen LogP contribution in [0.25, 0.3) is 22.0 Å². The second-order valence-electron chi connectivity index (χ2n) is 8.72. The molecule has 0 aliphatic carbocycles. The van der Waals surface area contributed by atoms with E-state index in [1.807, 2.05) is 48.7 Å². The van der Waals surface area contributed by atoms with Crippen molar-refractivity contribution >= 4 is 28.4 Å². The first-order valence-electron chi connectivity index (χ1n) is 11.4. The van der Waals surface area contributed by atoms with Crippen LogP contribution in [0.3, 0.4) is 0 Å². The van der Waals surface area contributed by atoms with E-state index in [1.165, 1.54) is 6.08 Å². The summed E-state index contributed by atoms with van der Waals surface area (Å²) < 4.78 is 0. The molecule has 2 N–H and O–H groups in total. The van der Waals surface area contributed by atoms with Crippen molar-refractivity contribution in [3.8, 4) is 11.1 Å². The Kier molecular flexibility index (Phi) is 7.01. The largest absolute Gasteiger partial charge is 0.350 e. The van der Waals surface area contributed by atoms with Gasteiger partial charge in [-0.2, -0.15) is 0 Å². The molecule has 0 bridgehead atoms. The summed E-state index contributed by atoms with van der Waals surface area (Å²) in [5, 5.41) is 7.32. The van der Waals surface area contributed by atoms with Crippen molar-refractivity contribution < 1.29 is 4.79 Å². The van der Waals surface area contributed by atoms with Crippen molar-refractivity contribution in [3.05, 3.63) is 61.3 Å². The van der Waals surface area contributed by atoms with E-state index in [-0.39, 0.29) is 11.9 Å². The zero-order chi connectivity index (χ0) is 23.4. The van der Waals surface area contributed by atoms with Crippen molar-refractivity contribution in [2.24, 2.45) is 0 Å². The number of benzene rings is 2. The molecule has 1 unspecified atom stereocenters. The van der Waals surface area contributed by atoms with Crippen molar-refractivity contribution in [1.82, 2.24) is 19.8 Å². The molecule has 1 fully saturated rings. The highest BCUT2D eigenvalue weighted by atomic mass is 16.1. The second-order valence-corrected chi connectivity index (χ2v) is 8.72. The van der Waals surface area contributed by atoms with Crippen LogP contribution in [0.2, 0.25) is 0 Å². The first-order chi connectivity index (χ1) is 15.9. The van der Waals surface area contributed by atoms with E-state index in [0.29, 0.717) is 12.0 Å². The number of rotatable bonds is 7. The maximum Gasteiger partial charge on any atom is 0.247 e. The van der Waals surface area contributed by atoms with E-state index in [0.717, 1.165) is 53.9 Å². The predicted molar refractivity (Wildman–Crippen MR) is 135 cm³/mol. The summed E-state index contributed by atoms with van der Waals surface area (Å²) in [5.41, 5.74) is 3.57. The highest BCUT2D eigenvalue weighted by Crippen LogP contribution is 2.29. The molecule has 4 rings (SSSR count). The van der Waals surface area contributed by atoms with Crippen molar-refractivity contribution in [2.45, 2.75) is 25.9 Å². The van der Waals surface area contributed by atoms with Crippen LogP contribution < -0.4 is 10.6 Å². The van der Waals surface area contributed by atoms with Gasteiger partial charge >= 0.3 is 0 Å². The number of carbonyl (C=O) groups excluding carboxylic acids is 1. The molecule has 3 aromatic rings. The Morgan fingerprint density at radius 2 is 1.88 bits per heavy atom. The molecule has 1 aromatic heterocycles. The minimum Gasteiger partial charge on any atom is -0.350 e. The van der Waals surface area contributed by atoms with Gasteiger partial charge in [-0.3, -0.25) is 9.69 Å². The Balaban J connectivity index is 1.58. The molecule has 0 radical (unpaired) electrons. The van der Waals surface area contributed by atoms with Gasteiger partial charge in [-0.15, -0.1) is 0 Å². The highest BCUT2D eigenvalue weighted by molar-refractivity contribution is 6.00. The Morgan fingerprint density at radius 3 is 2.64 bits per heavy atom. The van der Waals surface area contributed by atoms with Gasteiger partial charge in [-0.25, -0.2) is 9.97 Å². The Morgan fingerprint density at radius 1 is 1.12 bits per heavy atom. The number of likely N-dealkylation sites (N-methyl/N-ethyl adjacent to an activating group) is 1. The fraction of sp³-hybridized carbons (Fsp3) is 0.346. The van der Waals surface area contributed by atoms with Gasteiger partial charge in [0.2, 0.25) is 11.9 Å². The lowest BCUT2D eigenvalue weighted by atomic mass is 10.0. The second kappa shape index (κ2) is 10.1. The number of para-hydroxylation sites is 1. The predicted octanol–water partition coefficient (Wildman–Crippen LogP) is 3.86. The van der Waals surface area contributed by atoms with Crippen molar-refractivity contribution in [3.63, 3.8) is 0 Å². The van der Waals surface area contributed by atoms with E-state index in [9.17, 15) is 4.79 Å². The number of fused-ring (bicyclic) bond motifs is 1. The zero-order valence-corrected chi connectivity index (χ0v) is 19.6. The molecule has 2 heterocycles. The molecule has 1 aliphatic rings. The van der Waals surface area contributed by atoms with E-state index in [2.05, 4.69) is 52.9 Å². The van der Waals surface area contributed by atoms with Crippen LogP contribution in [0.15, 0.2) is 61.3 Å². The van der Waals surface area contributed by atoms with Gasteiger partial charge < -0.3 is 15.5 Å². The van der Waals surface area contributed by atoms with E-state index in [4.69, 9.17) is 4.98 Å². The molecule has 2 aromatic carbocycles. The van der Waals surface area contributed by atoms with Gasteiger partial charge in [0.15, 0.2) is 0 Å². The molecule has 0 spiro atoms. The van der Waals surface area contributed by atoms with Crippen LogP contribution in [0.4, 0.5) is 11.6 Å². The molecule has 1 amide bonds. The summed E-state index contributed by atoms with van der Waals surface area (Å²) in [6.45, 7) is 12.3. The lowest BCUT2D eigenvalue weighted by Gasteiger charge is -2.39.